The van der Waals surface area contributed by atoms with Gasteiger partial charge in [-0.3, -0.25) is 9.59 Å². The first-order valence-corrected chi connectivity index (χ1v) is 8.45. The van der Waals surface area contributed by atoms with Crippen LogP contribution in [-0.4, -0.2) is 29.3 Å². The van der Waals surface area contributed by atoms with Crippen LogP contribution in [0.4, 0.5) is 4.39 Å². The lowest BCUT2D eigenvalue weighted by molar-refractivity contribution is -0.128. The van der Waals surface area contributed by atoms with Crippen molar-refractivity contribution >= 4 is 11.8 Å². The number of amides is 2. The maximum atomic E-state index is 13.0. The summed E-state index contributed by atoms with van der Waals surface area (Å²) in [6.45, 7) is 9.40. The maximum absolute atomic E-state index is 13.0. The van der Waals surface area contributed by atoms with Crippen LogP contribution >= 0.6 is 0 Å². The molecule has 2 aliphatic rings. The first-order chi connectivity index (χ1) is 11.1. The lowest BCUT2D eigenvalue weighted by Gasteiger charge is -2.17. The number of halogens is 1. The molecule has 1 aromatic rings. The number of hydrogen-bond donors (Lipinski definition) is 1. The van der Waals surface area contributed by atoms with Crippen molar-refractivity contribution in [2.75, 3.05) is 6.54 Å². The Kier molecular flexibility index (Phi) is 3.93. The van der Waals surface area contributed by atoms with Gasteiger partial charge in [0.25, 0.3) is 0 Å². The second kappa shape index (κ2) is 5.57. The summed E-state index contributed by atoms with van der Waals surface area (Å²) in [5.74, 6) is -0.220. The summed E-state index contributed by atoms with van der Waals surface area (Å²) < 4.78 is 13.0. The van der Waals surface area contributed by atoms with Crippen LogP contribution in [0, 0.1) is 22.6 Å². The summed E-state index contributed by atoms with van der Waals surface area (Å²) in [5, 5.41) is 3.05. The van der Waals surface area contributed by atoms with Crippen molar-refractivity contribution in [3.8, 4) is 0 Å². The summed E-state index contributed by atoms with van der Waals surface area (Å²) in [6.07, 6.45) is 0.334. The van der Waals surface area contributed by atoms with Gasteiger partial charge in [-0.15, -0.1) is 0 Å². The van der Waals surface area contributed by atoms with E-state index in [1.807, 2.05) is 0 Å². The third kappa shape index (κ3) is 2.80. The molecule has 0 spiro atoms. The van der Waals surface area contributed by atoms with Crippen LogP contribution in [0.1, 0.15) is 39.7 Å². The molecular weight excluding hydrogens is 307 g/mol. The fourth-order valence-electron chi connectivity index (χ4n) is 3.97. The SMILES string of the molecule is CC1(C)C(C(=O)N[C@H]2CC(=O)N(Cc3ccc(F)cc3)C2)C1(C)C. The van der Waals surface area contributed by atoms with E-state index in [0.717, 1.165) is 5.56 Å². The summed E-state index contributed by atoms with van der Waals surface area (Å²) in [7, 11) is 0. The van der Waals surface area contributed by atoms with Crippen LogP contribution in [0.25, 0.3) is 0 Å². The molecule has 1 N–H and O–H groups in total. The normalized spacial score (nSPS) is 25.0. The number of hydrogen-bond acceptors (Lipinski definition) is 2. The van der Waals surface area contributed by atoms with Crippen molar-refractivity contribution in [1.29, 1.82) is 0 Å². The van der Waals surface area contributed by atoms with Crippen LogP contribution < -0.4 is 5.32 Å². The molecule has 3 rings (SSSR count). The molecule has 4 nitrogen and oxygen atoms in total. The van der Waals surface area contributed by atoms with Gasteiger partial charge in [-0.05, 0) is 28.5 Å². The molecular formula is C19H25FN2O2. The van der Waals surface area contributed by atoms with E-state index < -0.39 is 0 Å². The van der Waals surface area contributed by atoms with Crippen molar-refractivity contribution in [3.05, 3.63) is 35.6 Å². The number of nitrogens with one attached hydrogen (secondary N) is 1. The molecule has 1 aliphatic carbocycles. The Bertz CT molecular complexity index is 652. The Morgan fingerprint density at radius 2 is 1.79 bits per heavy atom. The molecule has 5 heteroatoms. The minimum absolute atomic E-state index is 0.00645. The highest BCUT2D eigenvalue weighted by Crippen LogP contribution is 2.68. The van der Waals surface area contributed by atoms with Crippen LogP contribution in [0.15, 0.2) is 24.3 Å². The second-order valence-corrected chi connectivity index (χ2v) is 8.19. The highest BCUT2D eigenvalue weighted by molar-refractivity contribution is 5.86. The number of nitrogens with zero attached hydrogens (tertiary/aromatic N) is 1. The first-order valence-electron chi connectivity index (χ1n) is 8.45. The average molecular weight is 332 g/mol. The van der Waals surface area contributed by atoms with Crippen LogP contribution in [0.2, 0.25) is 0 Å². The Morgan fingerprint density at radius 3 is 2.33 bits per heavy atom. The number of benzene rings is 1. The summed E-state index contributed by atoms with van der Waals surface area (Å²) in [5.41, 5.74) is 0.877. The van der Waals surface area contributed by atoms with Crippen molar-refractivity contribution in [1.82, 2.24) is 10.2 Å². The number of likely N-dealkylation sites (tertiary alicyclic amines) is 1. The fraction of sp³-hybridized carbons (Fsp3) is 0.579. The lowest BCUT2D eigenvalue weighted by Crippen LogP contribution is -2.39. The fourth-order valence-corrected chi connectivity index (χ4v) is 3.97. The number of carbonyl (C=O) groups excluding carboxylic acids is 2. The Labute approximate surface area is 142 Å². The molecule has 1 saturated carbocycles. The number of carbonyl (C=O) groups is 2. The molecule has 1 atom stereocenters. The van der Waals surface area contributed by atoms with E-state index in [-0.39, 0.29) is 40.4 Å². The van der Waals surface area contributed by atoms with E-state index in [1.165, 1.54) is 12.1 Å². The Balaban J connectivity index is 1.57. The lowest BCUT2D eigenvalue weighted by atomic mass is 10.0. The second-order valence-electron chi connectivity index (χ2n) is 8.19. The third-order valence-corrected chi connectivity index (χ3v) is 6.13. The van der Waals surface area contributed by atoms with Gasteiger partial charge >= 0.3 is 0 Å². The highest BCUT2D eigenvalue weighted by atomic mass is 19.1. The zero-order chi connectivity index (χ0) is 17.7. The van der Waals surface area contributed by atoms with Crippen LogP contribution in [-0.2, 0) is 16.1 Å². The zero-order valence-electron chi connectivity index (χ0n) is 14.7. The largest absolute Gasteiger partial charge is 0.351 e. The van der Waals surface area contributed by atoms with Gasteiger partial charge in [-0.2, -0.15) is 0 Å². The molecule has 1 saturated heterocycles. The topological polar surface area (TPSA) is 49.4 Å². The molecule has 1 heterocycles. The molecule has 0 aromatic heterocycles. The van der Waals surface area contributed by atoms with Crippen molar-refractivity contribution < 1.29 is 14.0 Å². The van der Waals surface area contributed by atoms with Gasteiger partial charge in [0.05, 0.1) is 6.04 Å². The third-order valence-electron chi connectivity index (χ3n) is 6.13. The molecule has 1 aromatic carbocycles. The molecule has 1 aliphatic heterocycles. The molecule has 0 unspecified atom stereocenters. The van der Waals surface area contributed by atoms with Gasteiger partial charge in [0, 0.05) is 25.4 Å². The smallest absolute Gasteiger partial charge is 0.225 e. The van der Waals surface area contributed by atoms with E-state index in [4.69, 9.17) is 0 Å². The molecule has 24 heavy (non-hydrogen) atoms. The Hall–Kier alpha value is -1.91. The summed E-state index contributed by atoms with van der Waals surface area (Å²) in [6, 6.07) is 6.02. The quantitative estimate of drug-likeness (QED) is 0.922. The predicted octanol–water partition coefficient (Wildman–Crippen LogP) is 2.73. The monoisotopic (exact) mass is 332 g/mol. The maximum Gasteiger partial charge on any atom is 0.225 e. The standard InChI is InChI=1S/C19H25FN2O2/c1-18(2)16(19(18,3)4)17(24)21-14-9-15(23)22(11-14)10-12-5-7-13(20)8-6-12/h5-8,14,16H,9-11H2,1-4H3,(H,21,24)/t14-/m0/s1. The van der Waals surface area contributed by atoms with E-state index in [9.17, 15) is 14.0 Å². The van der Waals surface area contributed by atoms with Crippen LogP contribution in [0.5, 0.6) is 0 Å². The van der Waals surface area contributed by atoms with Gasteiger partial charge in [-0.1, -0.05) is 39.8 Å². The molecule has 130 valence electrons. The van der Waals surface area contributed by atoms with Crippen molar-refractivity contribution in [2.24, 2.45) is 16.7 Å². The zero-order valence-corrected chi connectivity index (χ0v) is 14.7. The van der Waals surface area contributed by atoms with Crippen molar-refractivity contribution in [3.63, 3.8) is 0 Å². The van der Waals surface area contributed by atoms with Gasteiger partial charge in [0.1, 0.15) is 5.82 Å². The van der Waals surface area contributed by atoms with E-state index in [2.05, 4.69) is 33.0 Å². The minimum Gasteiger partial charge on any atom is -0.351 e. The van der Waals surface area contributed by atoms with E-state index in [0.29, 0.717) is 19.5 Å². The van der Waals surface area contributed by atoms with Gasteiger partial charge in [0.2, 0.25) is 11.8 Å². The predicted molar refractivity (Wildman–Crippen MR) is 89.4 cm³/mol. The van der Waals surface area contributed by atoms with Gasteiger partial charge in [-0.25, -0.2) is 4.39 Å². The van der Waals surface area contributed by atoms with Crippen molar-refractivity contribution in [2.45, 2.75) is 46.7 Å². The molecule has 0 bridgehead atoms. The average Bonchev–Trinajstić information content (AvgIpc) is 2.72. The van der Waals surface area contributed by atoms with Gasteiger partial charge < -0.3 is 10.2 Å². The van der Waals surface area contributed by atoms with Crippen LogP contribution in [0.3, 0.4) is 0 Å². The summed E-state index contributed by atoms with van der Waals surface area (Å²) in [4.78, 5) is 26.4. The van der Waals surface area contributed by atoms with E-state index >= 15 is 0 Å². The minimum atomic E-state index is -0.286. The first kappa shape index (κ1) is 16.9. The Morgan fingerprint density at radius 1 is 1.21 bits per heavy atom. The molecule has 2 fully saturated rings. The van der Waals surface area contributed by atoms with Gasteiger partial charge in [0.15, 0.2) is 0 Å². The highest BCUT2D eigenvalue weighted by Gasteiger charge is 2.68. The molecule has 2 amide bonds. The van der Waals surface area contributed by atoms with E-state index in [1.54, 1.807) is 17.0 Å². The summed E-state index contributed by atoms with van der Waals surface area (Å²) >= 11 is 0. The number of rotatable bonds is 4. The molecule has 0 radical (unpaired) electrons.